The van der Waals surface area contributed by atoms with Crippen molar-refractivity contribution in [2.24, 2.45) is 23.7 Å². The van der Waals surface area contributed by atoms with E-state index in [0.717, 1.165) is 19.3 Å². The number of nitrogens with zero attached hydrogens (tertiary/aromatic N) is 1. The van der Waals surface area contributed by atoms with Crippen LogP contribution in [0.3, 0.4) is 0 Å². The molecule has 10 heteroatoms. The molecule has 1 aromatic carbocycles. The Kier molecular flexibility index (Phi) is 5.05. The van der Waals surface area contributed by atoms with Crippen LogP contribution in [0.25, 0.3) is 0 Å². The third-order valence-corrected chi connectivity index (χ3v) is 7.67. The molecule has 4 unspecified atom stereocenters. The van der Waals surface area contributed by atoms with Crippen molar-refractivity contribution in [2.45, 2.75) is 38.0 Å². The maximum absolute atomic E-state index is 12.8. The number of hydrogen-bond acceptors (Lipinski definition) is 6. The molecule has 9 nitrogen and oxygen atoms in total. The summed E-state index contributed by atoms with van der Waals surface area (Å²) >= 11 is 0. The van der Waals surface area contributed by atoms with Crippen molar-refractivity contribution in [3.05, 3.63) is 35.5 Å². The third-order valence-electron chi connectivity index (χ3n) is 6.32. The number of nitrogens with one attached hydrogen (secondary N) is 2. The summed E-state index contributed by atoms with van der Waals surface area (Å²) in [6.45, 7) is 3.40. The minimum absolute atomic E-state index is 0.00251. The predicted molar refractivity (Wildman–Crippen MR) is 107 cm³/mol. The minimum Gasteiger partial charge on any atom is -0.481 e. The van der Waals surface area contributed by atoms with Gasteiger partial charge in [-0.15, -0.1) is 0 Å². The van der Waals surface area contributed by atoms with Crippen LogP contribution in [0.5, 0.6) is 0 Å². The molecule has 4 atom stereocenters. The molecule has 4 rings (SSSR count). The van der Waals surface area contributed by atoms with E-state index in [1.165, 1.54) is 24.3 Å². The van der Waals surface area contributed by atoms with Crippen LogP contribution in [0, 0.1) is 37.5 Å². The number of fused-ring (bicyclic) bond motifs is 2. The average Bonchev–Trinajstić information content (AvgIpc) is 3.39. The number of carbonyl (C=O) groups is 2. The van der Waals surface area contributed by atoms with E-state index >= 15 is 0 Å². The molecule has 0 spiro atoms. The van der Waals surface area contributed by atoms with Gasteiger partial charge in [0.2, 0.25) is 11.8 Å². The lowest BCUT2D eigenvalue weighted by molar-refractivity contribution is -0.148. The van der Waals surface area contributed by atoms with Gasteiger partial charge in [-0.05, 0) is 69.2 Å². The Morgan fingerprint density at radius 3 is 2.30 bits per heavy atom. The molecule has 2 aliphatic carbocycles. The van der Waals surface area contributed by atoms with Gasteiger partial charge in [0.15, 0.2) is 0 Å². The molecule has 1 amide bonds. The van der Waals surface area contributed by atoms with Crippen LogP contribution < -0.4 is 10.0 Å². The lowest BCUT2D eigenvalue weighted by Crippen LogP contribution is -2.37. The Balaban J connectivity index is 1.46. The number of carboxylic acids is 1. The Labute approximate surface area is 173 Å². The molecular weight excluding hydrogens is 410 g/mol. The standard InChI is InChI=1S/C20H23N3O6S/c1-10-11(2)22-29-19(10)23-30(27,28)15-7-5-14(6-8-15)21-18(24)16-12-3-4-13(9-12)17(16)20(25)26/h5-8,12-13,16-17,23H,3-4,9H2,1-2H3,(H,21,24)(H,25,26). The van der Waals surface area contributed by atoms with E-state index in [2.05, 4.69) is 15.2 Å². The zero-order chi connectivity index (χ0) is 21.6. The van der Waals surface area contributed by atoms with Gasteiger partial charge in [-0.1, -0.05) is 5.16 Å². The summed E-state index contributed by atoms with van der Waals surface area (Å²) in [4.78, 5) is 24.4. The second kappa shape index (κ2) is 7.42. The highest BCUT2D eigenvalue weighted by molar-refractivity contribution is 7.92. The van der Waals surface area contributed by atoms with Gasteiger partial charge in [0, 0.05) is 11.3 Å². The lowest BCUT2D eigenvalue weighted by Gasteiger charge is -2.27. The fourth-order valence-corrected chi connectivity index (χ4v) is 5.71. The average molecular weight is 433 g/mol. The summed E-state index contributed by atoms with van der Waals surface area (Å²) in [5.74, 6) is -2.24. The molecule has 2 fully saturated rings. The van der Waals surface area contributed by atoms with Crippen LogP contribution in [0.15, 0.2) is 33.7 Å². The summed E-state index contributed by atoms with van der Waals surface area (Å²) in [6.07, 6.45) is 2.50. The van der Waals surface area contributed by atoms with Crippen molar-refractivity contribution in [3.8, 4) is 0 Å². The van der Waals surface area contributed by atoms with Crippen LogP contribution in [0.2, 0.25) is 0 Å². The molecule has 3 N–H and O–H groups in total. The van der Waals surface area contributed by atoms with Crippen LogP contribution in [0.1, 0.15) is 30.5 Å². The summed E-state index contributed by atoms with van der Waals surface area (Å²) in [6, 6.07) is 5.69. The first-order valence-corrected chi connectivity index (χ1v) is 11.2. The molecule has 160 valence electrons. The van der Waals surface area contributed by atoms with Crippen molar-refractivity contribution >= 4 is 33.5 Å². The number of sulfonamides is 1. The van der Waals surface area contributed by atoms with E-state index in [1.54, 1.807) is 13.8 Å². The number of amides is 1. The Morgan fingerprint density at radius 1 is 1.10 bits per heavy atom. The summed E-state index contributed by atoms with van der Waals surface area (Å²) in [7, 11) is -3.88. The molecule has 0 radical (unpaired) electrons. The van der Waals surface area contributed by atoms with Crippen molar-refractivity contribution in [3.63, 3.8) is 0 Å². The highest BCUT2D eigenvalue weighted by Crippen LogP contribution is 2.52. The zero-order valence-corrected chi connectivity index (χ0v) is 17.4. The van der Waals surface area contributed by atoms with Crippen LogP contribution in [0.4, 0.5) is 11.6 Å². The van der Waals surface area contributed by atoms with Gasteiger partial charge in [-0.25, -0.2) is 13.1 Å². The summed E-state index contributed by atoms with van der Waals surface area (Å²) < 4.78 is 32.5. The van der Waals surface area contributed by atoms with Gasteiger partial charge in [0.1, 0.15) is 0 Å². The normalized spacial score (nSPS) is 25.3. The quantitative estimate of drug-likeness (QED) is 0.636. The van der Waals surface area contributed by atoms with Gasteiger partial charge >= 0.3 is 5.97 Å². The fraction of sp³-hybridized carbons (Fsp3) is 0.450. The molecular formula is C20H23N3O6S. The van der Waals surface area contributed by atoms with Gasteiger partial charge in [0.05, 0.1) is 22.4 Å². The maximum Gasteiger partial charge on any atom is 0.307 e. The predicted octanol–water partition coefficient (Wildman–Crippen LogP) is 2.78. The van der Waals surface area contributed by atoms with Crippen molar-refractivity contribution in [2.75, 3.05) is 10.0 Å². The molecule has 2 bridgehead atoms. The smallest absolute Gasteiger partial charge is 0.307 e. The summed E-state index contributed by atoms with van der Waals surface area (Å²) in [5.41, 5.74) is 1.60. The number of aliphatic carboxylic acids is 1. The van der Waals surface area contributed by atoms with E-state index in [1.807, 2.05) is 0 Å². The number of anilines is 2. The monoisotopic (exact) mass is 433 g/mol. The molecule has 0 saturated heterocycles. The number of carbonyl (C=O) groups excluding carboxylic acids is 1. The highest BCUT2D eigenvalue weighted by Gasteiger charge is 2.53. The third kappa shape index (κ3) is 3.55. The van der Waals surface area contributed by atoms with Gasteiger partial charge in [-0.3, -0.25) is 9.59 Å². The molecule has 1 aromatic heterocycles. The van der Waals surface area contributed by atoms with Crippen molar-refractivity contribution < 1.29 is 27.6 Å². The Hall–Kier alpha value is -2.88. The number of hydrogen-bond donors (Lipinski definition) is 3. The van der Waals surface area contributed by atoms with Crippen molar-refractivity contribution in [1.82, 2.24) is 5.16 Å². The largest absolute Gasteiger partial charge is 0.481 e. The van der Waals surface area contributed by atoms with E-state index in [-0.39, 0.29) is 28.5 Å². The van der Waals surface area contributed by atoms with Crippen molar-refractivity contribution in [1.29, 1.82) is 0 Å². The minimum atomic E-state index is -3.88. The Morgan fingerprint density at radius 2 is 1.73 bits per heavy atom. The molecule has 2 aromatic rings. The zero-order valence-electron chi connectivity index (χ0n) is 16.6. The topological polar surface area (TPSA) is 139 Å². The maximum atomic E-state index is 12.8. The molecule has 1 heterocycles. The van der Waals surface area contributed by atoms with E-state index in [4.69, 9.17) is 4.52 Å². The first kappa shape index (κ1) is 20.4. The highest BCUT2D eigenvalue weighted by atomic mass is 32.2. The second-order valence-corrected chi connectivity index (χ2v) is 9.75. The van der Waals surface area contributed by atoms with Crippen LogP contribution in [-0.2, 0) is 19.6 Å². The van der Waals surface area contributed by atoms with Gasteiger partial charge in [-0.2, -0.15) is 0 Å². The number of aromatic nitrogens is 1. The molecule has 0 aliphatic heterocycles. The van der Waals surface area contributed by atoms with Crippen LogP contribution >= 0.6 is 0 Å². The van der Waals surface area contributed by atoms with E-state index < -0.39 is 27.8 Å². The second-order valence-electron chi connectivity index (χ2n) is 8.06. The molecule has 2 aliphatic rings. The number of aryl methyl sites for hydroxylation is 1. The van der Waals surface area contributed by atoms with E-state index in [0.29, 0.717) is 16.9 Å². The van der Waals surface area contributed by atoms with E-state index in [9.17, 15) is 23.1 Å². The lowest BCUT2D eigenvalue weighted by atomic mass is 9.78. The fourth-order valence-electron chi connectivity index (χ4n) is 4.66. The number of benzene rings is 1. The first-order chi connectivity index (χ1) is 14.2. The van der Waals surface area contributed by atoms with Gasteiger partial charge < -0.3 is 14.9 Å². The SMILES string of the molecule is Cc1noc(NS(=O)(=O)c2ccc(NC(=O)C3C4CCC(C4)C3C(=O)O)cc2)c1C. The Bertz CT molecular complexity index is 1090. The van der Waals surface area contributed by atoms with Crippen LogP contribution in [-0.4, -0.2) is 30.6 Å². The first-order valence-electron chi connectivity index (χ1n) is 9.77. The summed E-state index contributed by atoms with van der Waals surface area (Å²) in [5, 5.41) is 16.0. The number of carboxylic acid groups (broad SMARTS) is 1. The molecule has 30 heavy (non-hydrogen) atoms. The van der Waals surface area contributed by atoms with Gasteiger partial charge in [0.25, 0.3) is 10.0 Å². The number of rotatable bonds is 6. The molecule has 2 saturated carbocycles.